The second kappa shape index (κ2) is 12.7. The molecule has 0 atom stereocenters. The van der Waals surface area contributed by atoms with Crippen LogP contribution in [0.25, 0.3) is 0 Å². The number of methoxy groups -OCH3 is 2. The van der Waals surface area contributed by atoms with Gasteiger partial charge in [-0.25, -0.2) is 4.99 Å². The van der Waals surface area contributed by atoms with Gasteiger partial charge in [-0.2, -0.15) is 0 Å². The van der Waals surface area contributed by atoms with Gasteiger partial charge in [-0.1, -0.05) is 31.4 Å². The van der Waals surface area contributed by atoms with Gasteiger partial charge >= 0.3 is 0 Å². The number of hydrogen-bond donors (Lipinski definition) is 2. The quantitative estimate of drug-likeness (QED) is 0.291. The Bertz CT molecular complexity index is 824. The van der Waals surface area contributed by atoms with Gasteiger partial charge in [-0.3, -0.25) is 4.98 Å². The fourth-order valence-electron chi connectivity index (χ4n) is 4.21. The maximum absolute atomic E-state index is 5.58. The highest BCUT2D eigenvalue weighted by atomic mass is 127. The fraction of sp³-hybridized carbons (Fsp3) is 0.500. The van der Waals surface area contributed by atoms with Crippen molar-refractivity contribution < 1.29 is 9.47 Å². The Morgan fingerprint density at radius 2 is 1.81 bits per heavy atom. The normalized spacial score (nSPS) is 15.5. The second-order valence-corrected chi connectivity index (χ2v) is 7.78. The lowest BCUT2D eigenvalue weighted by Gasteiger charge is -2.38. The third kappa shape index (κ3) is 6.72. The SMILES string of the molecule is CCNC(=NCc1ccccn1)NCC1(c2ccc(OC)c(OC)c2)CCCCC1.I. The third-order valence-electron chi connectivity index (χ3n) is 5.87. The molecule has 1 aromatic heterocycles. The van der Waals surface area contributed by atoms with Crippen molar-refractivity contribution in [3.8, 4) is 11.5 Å². The van der Waals surface area contributed by atoms with Crippen molar-refractivity contribution in [3.05, 3.63) is 53.9 Å². The van der Waals surface area contributed by atoms with Crippen LogP contribution in [0.2, 0.25) is 0 Å². The van der Waals surface area contributed by atoms with Crippen LogP contribution >= 0.6 is 24.0 Å². The average molecular weight is 538 g/mol. The van der Waals surface area contributed by atoms with Gasteiger partial charge in [0.25, 0.3) is 0 Å². The molecule has 170 valence electrons. The Labute approximate surface area is 203 Å². The standard InChI is InChI=1S/C24H34N4O2.HI/c1-4-25-23(27-17-20-10-6-9-15-26-20)28-18-24(13-7-5-8-14-24)19-11-12-21(29-2)22(16-19)30-3;/h6,9-12,15-16H,4-5,7-8,13-14,17-18H2,1-3H3,(H2,25,27,28);1H. The summed E-state index contributed by atoms with van der Waals surface area (Å²) < 4.78 is 11.0. The number of guanidine groups is 1. The zero-order valence-corrected chi connectivity index (χ0v) is 21.1. The predicted molar refractivity (Wildman–Crippen MR) is 137 cm³/mol. The zero-order chi connectivity index (χ0) is 21.2. The summed E-state index contributed by atoms with van der Waals surface area (Å²) in [6.45, 7) is 4.29. The number of ether oxygens (including phenoxy) is 2. The molecule has 0 radical (unpaired) electrons. The van der Waals surface area contributed by atoms with Gasteiger partial charge in [-0.05, 0) is 49.6 Å². The number of aromatic nitrogens is 1. The molecule has 1 aromatic carbocycles. The summed E-state index contributed by atoms with van der Waals surface area (Å²) in [5, 5.41) is 6.97. The summed E-state index contributed by atoms with van der Waals surface area (Å²) in [7, 11) is 3.37. The number of benzene rings is 1. The van der Waals surface area contributed by atoms with Crippen molar-refractivity contribution in [1.82, 2.24) is 15.6 Å². The van der Waals surface area contributed by atoms with Crippen LogP contribution in [0.4, 0.5) is 0 Å². The molecular weight excluding hydrogens is 503 g/mol. The van der Waals surface area contributed by atoms with Gasteiger partial charge in [0, 0.05) is 24.7 Å². The van der Waals surface area contributed by atoms with E-state index in [-0.39, 0.29) is 29.4 Å². The van der Waals surface area contributed by atoms with Crippen LogP contribution in [-0.4, -0.2) is 38.3 Å². The molecule has 1 aliphatic carbocycles. The van der Waals surface area contributed by atoms with Crippen LogP contribution in [-0.2, 0) is 12.0 Å². The van der Waals surface area contributed by atoms with Gasteiger partial charge in [-0.15, -0.1) is 24.0 Å². The molecule has 0 bridgehead atoms. The van der Waals surface area contributed by atoms with Crippen molar-refractivity contribution in [2.24, 2.45) is 4.99 Å². The summed E-state index contributed by atoms with van der Waals surface area (Å²) in [5.74, 6) is 2.38. The molecule has 0 amide bonds. The summed E-state index contributed by atoms with van der Waals surface area (Å²) in [6.07, 6.45) is 7.86. The number of nitrogens with zero attached hydrogens (tertiary/aromatic N) is 2. The highest BCUT2D eigenvalue weighted by molar-refractivity contribution is 14.0. The molecule has 1 fully saturated rings. The van der Waals surface area contributed by atoms with E-state index in [2.05, 4.69) is 34.7 Å². The molecule has 2 N–H and O–H groups in total. The van der Waals surface area contributed by atoms with Crippen molar-refractivity contribution in [2.75, 3.05) is 27.3 Å². The first-order valence-electron chi connectivity index (χ1n) is 10.9. The molecule has 1 heterocycles. The first-order valence-corrected chi connectivity index (χ1v) is 10.9. The summed E-state index contributed by atoms with van der Waals surface area (Å²) in [4.78, 5) is 9.11. The molecule has 0 aliphatic heterocycles. The summed E-state index contributed by atoms with van der Waals surface area (Å²) in [5.41, 5.74) is 2.31. The lowest BCUT2D eigenvalue weighted by molar-refractivity contribution is 0.288. The first kappa shape index (κ1) is 25.2. The lowest BCUT2D eigenvalue weighted by Crippen LogP contribution is -2.46. The lowest BCUT2D eigenvalue weighted by atomic mass is 9.69. The molecule has 3 rings (SSSR count). The molecule has 0 saturated heterocycles. The van der Waals surface area contributed by atoms with Crippen LogP contribution in [0.15, 0.2) is 47.6 Å². The Kier molecular flexibility index (Phi) is 10.4. The average Bonchev–Trinajstić information content (AvgIpc) is 2.81. The zero-order valence-electron chi connectivity index (χ0n) is 18.8. The molecular formula is C24H35IN4O2. The Morgan fingerprint density at radius 3 is 2.45 bits per heavy atom. The van der Waals surface area contributed by atoms with E-state index in [1.54, 1.807) is 20.4 Å². The van der Waals surface area contributed by atoms with E-state index in [1.165, 1.54) is 24.8 Å². The first-order chi connectivity index (χ1) is 14.7. The number of aliphatic imine (C=N–C) groups is 1. The molecule has 6 nitrogen and oxygen atoms in total. The molecule has 0 spiro atoms. The van der Waals surface area contributed by atoms with Crippen molar-refractivity contribution >= 4 is 29.9 Å². The highest BCUT2D eigenvalue weighted by Crippen LogP contribution is 2.42. The van der Waals surface area contributed by atoms with Crippen LogP contribution < -0.4 is 20.1 Å². The Morgan fingerprint density at radius 1 is 1.03 bits per heavy atom. The van der Waals surface area contributed by atoms with Crippen LogP contribution in [0.3, 0.4) is 0 Å². The number of hydrogen-bond acceptors (Lipinski definition) is 4. The van der Waals surface area contributed by atoms with Gasteiger partial charge in [0.15, 0.2) is 17.5 Å². The maximum atomic E-state index is 5.58. The number of rotatable bonds is 8. The monoisotopic (exact) mass is 538 g/mol. The van der Waals surface area contributed by atoms with Gasteiger partial charge in [0.05, 0.1) is 26.5 Å². The van der Waals surface area contributed by atoms with Gasteiger partial charge in [0.1, 0.15) is 0 Å². The van der Waals surface area contributed by atoms with Crippen molar-refractivity contribution in [3.63, 3.8) is 0 Å². The maximum Gasteiger partial charge on any atom is 0.191 e. The third-order valence-corrected chi connectivity index (χ3v) is 5.87. The van der Waals surface area contributed by atoms with E-state index in [1.807, 2.05) is 24.3 Å². The largest absolute Gasteiger partial charge is 0.493 e. The van der Waals surface area contributed by atoms with Crippen LogP contribution in [0, 0.1) is 0 Å². The smallest absolute Gasteiger partial charge is 0.191 e. The highest BCUT2D eigenvalue weighted by Gasteiger charge is 2.34. The van der Waals surface area contributed by atoms with Crippen molar-refractivity contribution in [2.45, 2.75) is 51.0 Å². The van der Waals surface area contributed by atoms with Crippen LogP contribution in [0.5, 0.6) is 11.5 Å². The number of nitrogens with one attached hydrogen (secondary N) is 2. The van der Waals surface area contributed by atoms with Gasteiger partial charge in [0.2, 0.25) is 0 Å². The Balaban J connectivity index is 0.00000341. The molecule has 1 saturated carbocycles. The second-order valence-electron chi connectivity index (χ2n) is 7.78. The van der Waals surface area contributed by atoms with E-state index in [9.17, 15) is 0 Å². The van der Waals surface area contributed by atoms with E-state index in [0.29, 0.717) is 6.54 Å². The summed E-state index contributed by atoms with van der Waals surface area (Å²) >= 11 is 0. The molecule has 1 aliphatic rings. The molecule has 7 heteroatoms. The number of pyridine rings is 1. The minimum absolute atomic E-state index is 0. The Hall–Kier alpha value is -2.03. The minimum atomic E-state index is 0. The predicted octanol–water partition coefficient (Wildman–Crippen LogP) is 4.67. The van der Waals surface area contributed by atoms with E-state index < -0.39 is 0 Å². The fourth-order valence-corrected chi connectivity index (χ4v) is 4.21. The van der Waals surface area contributed by atoms with Crippen molar-refractivity contribution in [1.29, 1.82) is 0 Å². The molecule has 0 unspecified atom stereocenters. The summed E-state index contributed by atoms with van der Waals surface area (Å²) in [6, 6.07) is 12.3. The van der Waals surface area contributed by atoms with E-state index in [4.69, 9.17) is 14.5 Å². The molecule has 2 aromatic rings. The topological polar surface area (TPSA) is 67.8 Å². The van der Waals surface area contributed by atoms with Crippen LogP contribution in [0.1, 0.15) is 50.3 Å². The minimum Gasteiger partial charge on any atom is -0.493 e. The van der Waals surface area contributed by atoms with E-state index >= 15 is 0 Å². The molecule has 31 heavy (non-hydrogen) atoms. The van der Waals surface area contributed by atoms with Gasteiger partial charge < -0.3 is 20.1 Å². The van der Waals surface area contributed by atoms with E-state index in [0.717, 1.165) is 49.1 Å². The number of halogens is 1.